The van der Waals surface area contributed by atoms with Crippen molar-refractivity contribution in [2.45, 2.75) is 20.0 Å². The molecule has 1 N–H and O–H groups in total. The Morgan fingerprint density at radius 2 is 2.25 bits per heavy atom. The molecule has 1 rings (SSSR count). The topological polar surface area (TPSA) is 47.0 Å². The van der Waals surface area contributed by atoms with E-state index >= 15 is 0 Å². The van der Waals surface area contributed by atoms with E-state index in [4.69, 9.17) is 16.3 Å². The van der Waals surface area contributed by atoms with Gasteiger partial charge < -0.3 is 10.1 Å². The molecule has 0 unspecified atom stereocenters. The summed E-state index contributed by atoms with van der Waals surface area (Å²) in [6.45, 7) is 2.10. The van der Waals surface area contributed by atoms with E-state index in [9.17, 15) is 8.78 Å². The average molecular weight is 252 g/mol. The third-order valence-corrected chi connectivity index (χ3v) is 1.81. The number of ether oxygens (including phenoxy) is 1. The van der Waals surface area contributed by atoms with Crippen molar-refractivity contribution in [3.05, 3.63) is 17.0 Å². The van der Waals surface area contributed by atoms with Crippen LogP contribution >= 0.6 is 11.6 Å². The third kappa shape index (κ3) is 4.67. The lowest BCUT2D eigenvalue weighted by molar-refractivity contribution is 0.128. The molecule has 0 saturated carbocycles. The van der Waals surface area contributed by atoms with Crippen molar-refractivity contribution in [1.82, 2.24) is 9.97 Å². The summed E-state index contributed by atoms with van der Waals surface area (Å²) >= 11 is 5.71. The lowest BCUT2D eigenvalue weighted by Gasteiger charge is -2.07. The Kier molecular flexibility index (Phi) is 5.34. The highest BCUT2D eigenvalue weighted by molar-refractivity contribution is 6.29. The SMILES string of the molecule is CCOCc1nc(Cl)cc(NCC(F)F)n1. The Labute approximate surface area is 97.0 Å². The molecule has 0 radical (unpaired) electrons. The molecule has 1 heterocycles. The van der Waals surface area contributed by atoms with Crippen LogP contribution in [0.2, 0.25) is 5.15 Å². The van der Waals surface area contributed by atoms with Gasteiger partial charge in [0.2, 0.25) is 0 Å². The van der Waals surface area contributed by atoms with E-state index < -0.39 is 13.0 Å². The summed E-state index contributed by atoms with van der Waals surface area (Å²) in [6, 6.07) is 1.39. The van der Waals surface area contributed by atoms with Crippen LogP contribution in [-0.2, 0) is 11.3 Å². The number of hydrogen-bond acceptors (Lipinski definition) is 4. The maximum atomic E-state index is 12.0. The van der Waals surface area contributed by atoms with Crippen LogP contribution in [0.15, 0.2) is 6.07 Å². The molecule has 4 nitrogen and oxygen atoms in total. The zero-order valence-electron chi connectivity index (χ0n) is 8.71. The quantitative estimate of drug-likeness (QED) is 0.789. The summed E-state index contributed by atoms with van der Waals surface area (Å²) in [6.07, 6.45) is -2.44. The summed E-state index contributed by atoms with van der Waals surface area (Å²) < 4.78 is 29.0. The maximum absolute atomic E-state index is 12.0. The van der Waals surface area contributed by atoms with Crippen LogP contribution in [0.5, 0.6) is 0 Å². The van der Waals surface area contributed by atoms with E-state index in [2.05, 4.69) is 15.3 Å². The van der Waals surface area contributed by atoms with Gasteiger partial charge in [0.1, 0.15) is 17.6 Å². The largest absolute Gasteiger partial charge is 0.374 e. The first-order chi connectivity index (χ1) is 7.61. The minimum atomic E-state index is -2.44. The Bertz CT molecular complexity index is 339. The van der Waals surface area contributed by atoms with E-state index in [1.807, 2.05) is 6.92 Å². The molecule has 0 saturated heterocycles. The molecule has 0 spiro atoms. The van der Waals surface area contributed by atoms with E-state index in [0.29, 0.717) is 12.4 Å². The van der Waals surface area contributed by atoms with Crippen LogP contribution in [0.25, 0.3) is 0 Å². The number of nitrogens with one attached hydrogen (secondary N) is 1. The zero-order chi connectivity index (χ0) is 12.0. The van der Waals surface area contributed by atoms with E-state index in [1.54, 1.807) is 0 Å². The standard InChI is InChI=1S/C9H12ClF2N3O/c1-2-16-5-9-14-6(10)3-8(15-9)13-4-7(11)12/h3,7H,2,4-5H2,1H3,(H,13,14,15). The van der Waals surface area contributed by atoms with Gasteiger partial charge in [-0.25, -0.2) is 18.7 Å². The molecule has 1 aromatic rings. The molecule has 0 bridgehead atoms. The number of halogens is 3. The fourth-order valence-electron chi connectivity index (χ4n) is 0.995. The predicted octanol–water partition coefficient (Wildman–Crippen LogP) is 2.34. The number of rotatable bonds is 6. The smallest absolute Gasteiger partial charge is 0.255 e. The van der Waals surface area contributed by atoms with Crippen LogP contribution in [0.3, 0.4) is 0 Å². The molecule has 16 heavy (non-hydrogen) atoms. The van der Waals surface area contributed by atoms with Gasteiger partial charge in [0.25, 0.3) is 6.43 Å². The van der Waals surface area contributed by atoms with Gasteiger partial charge in [-0.1, -0.05) is 11.6 Å². The number of hydrogen-bond donors (Lipinski definition) is 1. The minimum absolute atomic E-state index is 0.196. The van der Waals surface area contributed by atoms with Crippen molar-refractivity contribution in [1.29, 1.82) is 0 Å². The van der Waals surface area contributed by atoms with Gasteiger partial charge in [0, 0.05) is 12.7 Å². The van der Waals surface area contributed by atoms with Crippen molar-refractivity contribution in [3.8, 4) is 0 Å². The summed E-state index contributed by atoms with van der Waals surface area (Å²) in [5.41, 5.74) is 0. The molecule has 0 aliphatic heterocycles. The molecule has 0 fully saturated rings. The van der Waals surface area contributed by atoms with Crippen molar-refractivity contribution in [3.63, 3.8) is 0 Å². The summed E-state index contributed by atoms with van der Waals surface area (Å²) in [5, 5.41) is 2.66. The van der Waals surface area contributed by atoms with Crippen LogP contribution in [-0.4, -0.2) is 29.5 Å². The summed E-state index contributed by atoms with van der Waals surface area (Å²) in [5.74, 6) is 0.640. The Morgan fingerprint density at radius 3 is 2.88 bits per heavy atom. The van der Waals surface area contributed by atoms with Crippen molar-refractivity contribution in [2.75, 3.05) is 18.5 Å². The van der Waals surface area contributed by atoms with Gasteiger partial charge >= 0.3 is 0 Å². The molecular weight excluding hydrogens is 240 g/mol. The lowest BCUT2D eigenvalue weighted by Crippen LogP contribution is -2.12. The number of anilines is 1. The monoisotopic (exact) mass is 251 g/mol. The normalized spacial score (nSPS) is 10.8. The predicted molar refractivity (Wildman–Crippen MR) is 56.9 cm³/mol. The van der Waals surface area contributed by atoms with E-state index in [-0.39, 0.29) is 17.6 Å². The van der Waals surface area contributed by atoms with Crippen LogP contribution in [0.4, 0.5) is 14.6 Å². The van der Waals surface area contributed by atoms with Crippen molar-refractivity contribution in [2.24, 2.45) is 0 Å². The van der Waals surface area contributed by atoms with Gasteiger partial charge in [-0.15, -0.1) is 0 Å². The van der Waals surface area contributed by atoms with Crippen LogP contribution in [0, 0.1) is 0 Å². The fourth-order valence-corrected chi connectivity index (χ4v) is 1.20. The molecule has 0 aliphatic rings. The van der Waals surface area contributed by atoms with Crippen molar-refractivity contribution < 1.29 is 13.5 Å². The maximum Gasteiger partial charge on any atom is 0.255 e. The molecule has 0 amide bonds. The molecule has 0 aromatic carbocycles. The summed E-state index contributed by atoms with van der Waals surface area (Å²) in [4.78, 5) is 7.88. The van der Waals surface area contributed by atoms with Crippen LogP contribution in [0.1, 0.15) is 12.7 Å². The first kappa shape index (κ1) is 13.1. The molecule has 1 aromatic heterocycles. The molecular formula is C9H12ClF2N3O. The van der Waals surface area contributed by atoms with Gasteiger partial charge in [0.05, 0.1) is 6.54 Å². The Morgan fingerprint density at radius 1 is 1.50 bits per heavy atom. The Balaban J connectivity index is 2.65. The highest BCUT2D eigenvalue weighted by Crippen LogP contribution is 2.12. The summed E-state index contributed by atoms with van der Waals surface area (Å²) in [7, 11) is 0. The third-order valence-electron chi connectivity index (χ3n) is 1.61. The lowest BCUT2D eigenvalue weighted by atomic mass is 10.5. The highest BCUT2D eigenvalue weighted by Gasteiger charge is 2.06. The van der Waals surface area contributed by atoms with Crippen LogP contribution < -0.4 is 5.32 Å². The second-order valence-electron chi connectivity index (χ2n) is 2.90. The molecule has 0 atom stereocenters. The van der Waals surface area contributed by atoms with Gasteiger partial charge in [0.15, 0.2) is 5.82 Å². The van der Waals surface area contributed by atoms with Gasteiger partial charge in [-0.2, -0.15) is 0 Å². The Hall–Kier alpha value is -1.01. The molecule has 7 heteroatoms. The molecule has 90 valence electrons. The van der Waals surface area contributed by atoms with Gasteiger partial charge in [-0.05, 0) is 6.92 Å². The van der Waals surface area contributed by atoms with E-state index in [1.165, 1.54) is 6.07 Å². The minimum Gasteiger partial charge on any atom is -0.374 e. The molecule has 0 aliphatic carbocycles. The van der Waals surface area contributed by atoms with E-state index in [0.717, 1.165) is 0 Å². The second-order valence-corrected chi connectivity index (χ2v) is 3.29. The first-order valence-electron chi connectivity index (χ1n) is 4.75. The first-order valence-corrected chi connectivity index (χ1v) is 5.12. The van der Waals surface area contributed by atoms with Gasteiger partial charge in [-0.3, -0.25) is 0 Å². The number of aromatic nitrogens is 2. The number of nitrogens with zero attached hydrogens (tertiary/aromatic N) is 2. The zero-order valence-corrected chi connectivity index (χ0v) is 9.47. The fraction of sp³-hybridized carbons (Fsp3) is 0.556. The number of alkyl halides is 2. The average Bonchev–Trinajstić information content (AvgIpc) is 2.23. The van der Waals surface area contributed by atoms with Crippen molar-refractivity contribution >= 4 is 17.4 Å². The second kappa shape index (κ2) is 6.55. The highest BCUT2D eigenvalue weighted by atomic mass is 35.5.